The zero-order valence-electron chi connectivity index (χ0n) is 32.3. The van der Waals surface area contributed by atoms with Gasteiger partial charge in [-0.05, 0) is 90.9 Å². The van der Waals surface area contributed by atoms with Gasteiger partial charge in [-0.2, -0.15) is 4.98 Å². The third kappa shape index (κ3) is 9.18. The number of aromatic nitrogens is 3. The van der Waals surface area contributed by atoms with Crippen molar-refractivity contribution >= 4 is 35.0 Å². The van der Waals surface area contributed by atoms with Gasteiger partial charge in [0.1, 0.15) is 11.7 Å². The molecule has 1 saturated carbocycles. The number of allylic oxidation sites excluding steroid dienone is 2. The Morgan fingerprint density at radius 2 is 1.85 bits per heavy atom. The number of aryl methyl sites for hydroxylation is 1. The van der Waals surface area contributed by atoms with Crippen LogP contribution in [0.4, 0.5) is 0 Å². The van der Waals surface area contributed by atoms with E-state index in [-0.39, 0.29) is 61.9 Å². The molecule has 5 atom stereocenters. The van der Waals surface area contributed by atoms with Gasteiger partial charge < -0.3 is 19.1 Å². The second-order valence-corrected chi connectivity index (χ2v) is 17.4. The standard InChI is InChI=1S/C41H56N4O7S/c1-7-50-39(49)41-21-27(41)16-12-10-8-9-11-15-26(19-34(47)52-40(4,5)6)38(48)45-23-28(20-32(45)33(46)22-41)51-36-29-17-13-14-18-30(29)42-35(44-36)37-43-31(24-53-37)25(2)3/h12,16,24-28,32H,7-11,13-15,17-23H2,1-6H3/b16-12-/t26-,27-,28-,32+,41-/m1/s1. The molecule has 4 heterocycles. The summed E-state index contributed by atoms with van der Waals surface area (Å²) in [4.78, 5) is 71.9. The first kappa shape index (κ1) is 39.0. The van der Waals surface area contributed by atoms with Gasteiger partial charge in [0, 0.05) is 29.7 Å². The molecule has 288 valence electrons. The van der Waals surface area contributed by atoms with E-state index in [1.165, 1.54) is 11.3 Å². The zero-order valence-corrected chi connectivity index (χ0v) is 33.1. The molecular formula is C41H56N4O7S. The Kier molecular flexibility index (Phi) is 12.1. The number of carbonyl (C=O) groups excluding carboxylic acids is 4. The Morgan fingerprint density at radius 1 is 1.06 bits per heavy atom. The smallest absolute Gasteiger partial charge is 0.313 e. The summed E-state index contributed by atoms with van der Waals surface area (Å²) >= 11 is 1.51. The van der Waals surface area contributed by atoms with Crippen LogP contribution in [-0.4, -0.2) is 74.4 Å². The second-order valence-electron chi connectivity index (χ2n) is 16.6. The minimum absolute atomic E-state index is 0.0198. The van der Waals surface area contributed by atoms with Gasteiger partial charge in [-0.3, -0.25) is 19.2 Å². The van der Waals surface area contributed by atoms with Gasteiger partial charge >= 0.3 is 11.9 Å². The highest BCUT2D eigenvalue weighted by atomic mass is 32.1. The highest BCUT2D eigenvalue weighted by Crippen LogP contribution is 2.57. The van der Waals surface area contributed by atoms with E-state index >= 15 is 0 Å². The number of carbonyl (C=O) groups is 4. The molecule has 2 aromatic heterocycles. The Bertz CT molecular complexity index is 1710. The van der Waals surface area contributed by atoms with E-state index in [9.17, 15) is 19.2 Å². The van der Waals surface area contributed by atoms with Crippen molar-refractivity contribution in [2.45, 2.75) is 149 Å². The van der Waals surface area contributed by atoms with Crippen LogP contribution in [0.1, 0.15) is 135 Å². The fraction of sp³-hybridized carbons (Fsp3) is 0.683. The summed E-state index contributed by atoms with van der Waals surface area (Å²) in [6.45, 7) is 11.8. The minimum Gasteiger partial charge on any atom is -0.472 e. The number of nitrogens with zero attached hydrogens (tertiary/aromatic N) is 4. The first-order valence-corrected chi connectivity index (χ1v) is 20.6. The first-order valence-electron chi connectivity index (χ1n) is 19.7. The fourth-order valence-corrected chi connectivity index (χ4v) is 8.93. The summed E-state index contributed by atoms with van der Waals surface area (Å²) in [7, 11) is 0. The highest BCUT2D eigenvalue weighted by Gasteiger charge is 2.61. The van der Waals surface area contributed by atoms with Crippen LogP contribution in [-0.2, 0) is 41.5 Å². The van der Waals surface area contributed by atoms with Crippen LogP contribution in [0.2, 0.25) is 0 Å². The Hall–Kier alpha value is -3.67. The lowest BCUT2D eigenvalue weighted by Crippen LogP contribution is -2.45. The molecule has 11 nitrogen and oxygen atoms in total. The van der Waals surface area contributed by atoms with Gasteiger partial charge in [0.05, 0.1) is 42.4 Å². The molecule has 0 radical (unpaired) electrons. The molecule has 2 aromatic rings. The average molecular weight is 749 g/mol. The lowest BCUT2D eigenvalue weighted by molar-refractivity contribution is -0.159. The SMILES string of the molecule is CCOC(=O)[C@]12CC(=O)[C@@H]3C[C@@H](Oc4nc(-c5nc(C(C)C)cs5)nc5c4CCCC5)CN3C(=O)[C@@H](CC(=O)OC(C)(C)C)CCCCC/C=C\[C@@H]1C2. The van der Waals surface area contributed by atoms with E-state index in [0.29, 0.717) is 24.5 Å². The van der Waals surface area contributed by atoms with Crippen molar-refractivity contribution in [3.05, 3.63) is 34.5 Å². The molecule has 2 aliphatic carbocycles. The lowest BCUT2D eigenvalue weighted by atomic mass is 9.91. The molecule has 0 N–H and O–H groups in total. The van der Waals surface area contributed by atoms with Gasteiger partial charge in [-0.25, -0.2) is 9.97 Å². The van der Waals surface area contributed by atoms with Crippen molar-refractivity contribution in [2.24, 2.45) is 17.3 Å². The molecular weight excluding hydrogens is 693 g/mol. The average Bonchev–Trinajstić information content (AvgIpc) is 3.40. The van der Waals surface area contributed by atoms with Gasteiger partial charge in [-0.15, -0.1) is 11.3 Å². The van der Waals surface area contributed by atoms with Crippen LogP contribution in [0.5, 0.6) is 5.88 Å². The molecule has 12 heteroatoms. The van der Waals surface area contributed by atoms with Crippen molar-refractivity contribution in [1.82, 2.24) is 19.9 Å². The summed E-state index contributed by atoms with van der Waals surface area (Å²) in [5.74, 6) is -0.672. The van der Waals surface area contributed by atoms with Crippen molar-refractivity contribution in [2.75, 3.05) is 13.2 Å². The van der Waals surface area contributed by atoms with E-state index < -0.39 is 35.0 Å². The largest absolute Gasteiger partial charge is 0.472 e. The van der Waals surface area contributed by atoms with Crippen molar-refractivity contribution in [1.29, 1.82) is 0 Å². The molecule has 2 fully saturated rings. The van der Waals surface area contributed by atoms with Crippen molar-refractivity contribution in [3.8, 4) is 16.7 Å². The highest BCUT2D eigenvalue weighted by molar-refractivity contribution is 7.13. The molecule has 0 unspecified atom stereocenters. The van der Waals surface area contributed by atoms with E-state index in [2.05, 4.69) is 26.0 Å². The van der Waals surface area contributed by atoms with Crippen LogP contribution in [0.25, 0.3) is 10.8 Å². The molecule has 53 heavy (non-hydrogen) atoms. The lowest BCUT2D eigenvalue weighted by Gasteiger charge is -2.29. The molecule has 1 saturated heterocycles. The number of rotatable bonds is 8. The predicted molar refractivity (Wildman–Crippen MR) is 201 cm³/mol. The topological polar surface area (TPSA) is 138 Å². The number of hydrogen-bond donors (Lipinski definition) is 0. The second kappa shape index (κ2) is 16.4. The number of hydrogen-bond acceptors (Lipinski definition) is 11. The third-order valence-electron chi connectivity index (χ3n) is 10.9. The molecule has 0 aromatic carbocycles. The maximum Gasteiger partial charge on any atom is 0.313 e. The third-order valence-corrected chi connectivity index (χ3v) is 11.8. The fourth-order valence-electron chi connectivity index (χ4n) is 8.02. The van der Waals surface area contributed by atoms with Gasteiger partial charge in [-0.1, -0.05) is 38.8 Å². The summed E-state index contributed by atoms with van der Waals surface area (Å²) < 4.78 is 17.9. The summed E-state index contributed by atoms with van der Waals surface area (Å²) in [6.07, 6.45) is 11.9. The molecule has 2 aliphatic heterocycles. The number of ketones is 1. The number of esters is 2. The Morgan fingerprint density at radius 3 is 2.58 bits per heavy atom. The molecule has 0 spiro atoms. The van der Waals surface area contributed by atoms with E-state index in [4.69, 9.17) is 29.2 Å². The van der Waals surface area contributed by atoms with Gasteiger partial charge in [0.15, 0.2) is 16.6 Å². The number of fused-ring (bicyclic) bond motifs is 3. The normalized spacial score (nSPS) is 27.2. The number of thiazole rings is 1. The van der Waals surface area contributed by atoms with Crippen LogP contribution in [0.15, 0.2) is 17.5 Å². The number of ether oxygens (including phenoxy) is 3. The van der Waals surface area contributed by atoms with Crippen LogP contribution < -0.4 is 4.74 Å². The number of Topliss-reactive ketones (excluding diaryl/α,β-unsaturated/α-hetero) is 1. The monoisotopic (exact) mass is 748 g/mol. The van der Waals surface area contributed by atoms with Gasteiger partial charge in [0.25, 0.3) is 0 Å². The summed E-state index contributed by atoms with van der Waals surface area (Å²) in [6, 6.07) is -0.819. The van der Waals surface area contributed by atoms with Crippen LogP contribution in [0, 0.1) is 17.3 Å². The zero-order chi connectivity index (χ0) is 37.9. The van der Waals surface area contributed by atoms with Crippen molar-refractivity contribution in [3.63, 3.8) is 0 Å². The van der Waals surface area contributed by atoms with E-state index in [1.807, 2.05) is 26.2 Å². The Balaban J connectivity index is 1.32. The van der Waals surface area contributed by atoms with Crippen LogP contribution >= 0.6 is 11.3 Å². The predicted octanol–water partition coefficient (Wildman–Crippen LogP) is 7.35. The Labute approximate surface area is 317 Å². The van der Waals surface area contributed by atoms with Crippen LogP contribution in [0.3, 0.4) is 0 Å². The summed E-state index contributed by atoms with van der Waals surface area (Å²) in [5, 5.41) is 2.78. The molecule has 1 amide bonds. The van der Waals surface area contributed by atoms with E-state index in [1.54, 1.807) is 11.8 Å². The minimum atomic E-state index is -0.934. The molecule has 6 rings (SSSR count). The maximum atomic E-state index is 14.6. The first-order chi connectivity index (χ1) is 25.3. The van der Waals surface area contributed by atoms with Gasteiger partial charge in [0.2, 0.25) is 11.8 Å². The molecule has 4 aliphatic rings. The molecule has 0 bridgehead atoms. The number of amides is 1. The van der Waals surface area contributed by atoms with Crippen molar-refractivity contribution < 1.29 is 33.4 Å². The van der Waals surface area contributed by atoms with E-state index in [0.717, 1.165) is 73.3 Å². The maximum absolute atomic E-state index is 14.6. The summed E-state index contributed by atoms with van der Waals surface area (Å²) in [5.41, 5.74) is 1.29. The quantitative estimate of drug-likeness (QED) is 0.199.